The lowest BCUT2D eigenvalue weighted by atomic mass is 10.4. The highest BCUT2D eigenvalue weighted by atomic mass is 15.3. The van der Waals surface area contributed by atoms with Crippen LogP contribution in [0.4, 0.5) is 0 Å². The highest BCUT2D eigenvalue weighted by molar-refractivity contribution is 4.99. The molecule has 0 saturated carbocycles. The van der Waals surface area contributed by atoms with Crippen LogP contribution in [-0.4, -0.2) is 14.8 Å². The van der Waals surface area contributed by atoms with Gasteiger partial charge in [-0.15, -0.1) is 10.2 Å². The van der Waals surface area contributed by atoms with Gasteiger partial charge >= 0.3 is 0 Å². The molecule has 0 unspecified atom stereocenters. The number of hydrogen-bond acceptors (Lipinski definition) is 3. The van der Waals surface area contributed by atoms with Crippen molar-refractivity contribution in [3.05, 3.63) is 11.6 Å². The Hall–Kier alpha value is -1.37. The van der Waals surface area contributed by atoms with E-state index in [-0.39, 0.29) is 0 Å². The standard InChI is InChI=1S/C7H10N4/c1-3-6-9-10-7(4-5-8)11(6)2/h3-4H2,1-2H3. The summed E-state index contributed by atoms with van der Waals surface area (Å²) in [5.41, 5.74) is 0. The van der Waals surface area contributed by atoms with Crippen molar-refractivity contribution in [3.8, 4) is 6.07 Å². The molecule has 0 fully saturated rings. The molecule has 11 heavy (non-hydrogen) atoms. The summed E-state index contributed by atoms with van der Waals surface area (Å²) in [5.74, 6) is 1.67. The van der Waals surface area contributed by atoms with E-state index < -0.39 is 0 Å². The fourth-order valence-electron chi connectivity index (χ4n) is 0.931. The van der Waals surface area contributed by atoms with Crippen molar-refractivity contribution in [3.63, 3.8) is 0 Å². The molecule has 1 aromatic rings. The van der Waals surface area contributed by atoms with Gasteiger partial charge in [-0.2, -0.15) is 5.26 Å². The van der Waals surface area contributed by atoms with Crippen molar-refractivity contribution in [1.82, 2.24) is 14.8 Å². The minimum atomic E-state index is 0.337. The summed E-state index contributed by atoms with van der Waals surface area (Å²) in [6.45, 7) is 2.01. The van der Waals surface area contributed by atoms with Gasteiger partial charge in [0.1, 0.15) is 11.6 Å². The third kappa shape index (κ3) is 1.37. The van der Waals surface area contributed by atoms with E-state index in [1.165, 1.54) is 0 Å². The monoisotopic (exact) mass is 150 g/mol. The van der Waals surface area contributed by atoms with Crippen LogP contribution in [0.1, 0.15) is 18.6 Å². The van der Waals surface area contributed by atoms with Crippen molar-refractivity contribution in [1.29, 1.82) is 5.26 Å². The van der Waals surface area contributed by atoms with Gasteiger partial charge in [0.05, 0.1) is 12.5 Å². The highest BCUT2D eigenvalue weighted by Crippen LogP contribution is 1.99. The van der Waals surface area contributed by atoms with E-state index in [0.717, 1.165) is 18.1 Å². The largest absolute Gasteiger partial charge is 0.317 e. The molecule has 0 amide bonds. The number of aryl methyl sites for hydroxylation is 1. The van der Waals surface area contributed by atoms with Gasteiger partial charge in [-0.25, -0.2) is 0 Å². The molecule has 0 aliphatic heterocycles. The average Bonchev–Trinajstić information content (AvgIpc) is 2.34. The van der Waals surface area contributed by atoms with Crippen LogP contribution >= 0.6 is 0 Å². The van der Waals surface area contributed by atoms with E-state index in [2.05, 4.69) is 10.2 Å². The topological polar surface area (TPSA) is 54.5 Å². The molecule has 0 aliphatic carbocycles. The minimum Gasteiger partial charge on any atom is -0.317 e. The van der Waals surface area contributed by atoms with Crippen molar-refractivity contribution in [2.24, 2.45) is 7.05 Å². The Morgan fingerprint density at radius 1 is 1.45 bits per heavy atom. The summed E-state index contributed by atoms with van der Waals surface area (Å²) < 4.78 is 1.86. The first-order valence-corrected chi connectivity index (χ1v) is 3.53. The summed E-state index contributed by atoms with van der Waals surface area (Å²) in [6, 6.07) is 2.04. The molecule has 0 bridgehead atoms. The zero-order valence-corrected chi connectivity index (χ0v) is 6.70. The van der Waals surface area contributed by atoms with Gasteiger partial charge in [-0.3, -0.25) is 0 Å². The van der Waals surface area contributed by atoms with E-state index >= 15 is 0 Å². The van der Waals surface area contributed by atoms with Crippen molar-refractivity contribution < 1.29 is 0 Å². The van der Waals surface area contributed by atoms with E-state index in [9.17, 15) is 0 Å². The number of rotatable bonds is 2. The molecular weight excluding hydrogens is 140 g/mol. The van der Waals surface area contributed by atoms with Crippen LogP contribution in [0.3, 0.4) is 0 Å². The van der Waals surface area contributed by atoms with Crippen LogP contribution < -0.4 is 0 Å². The number of aromatic nitrogens is 3. The third-order valence-electron chi connectivity index (χ3n) is 1.61. The smallest absolute Gasteiger partial charge is 0.146 e. The van der Waals surface area contributed by atoms with Gasteiger partial charge < -0.3 is 4.57 Å². The Morgan fingerprint density at radius 3 is 2.55 bits per heavy atom. The molecule has 0 atom stereocenters. The van der Waals surface area contributed by atoms with Crippen LogP contribution in [-0.2, 0) is 19.9 Å². The normalized spacial score (nSPS) is 9.55. The first-order valence-electron chi connectivity index (χ1n) is 3.53. The van der Waals surface area contributed by atoms with Gasteiger partial charge in [0.2, 0.25) is 0 Å². The second-order valence-electron chi connectivity index (χ2n) is 2.28. The number of hydrogen-bond donors (Lipinski definition) is 0. The molecule has 0 aromatic carbocycles. The van der Waals surface area contributed by atoms with E-state index in [4.69, 9.17) is 5.26 Å². The Morgan fingerprint density at radius 2 is 2.09 bits per heavy atom. The lowest BCUT2D eigenvalue weighted by molar-refractivity contribution is 0.773. The summed E-state index contributed by atoms with van der Waals surface area (Å²) in [4.78, 5) is 0. The van der Waals surface area contributed by atoms with Crippen LogP contribution in [0.5, 0.6) is 0 Å². The van der Waals surface area contributed by atoms with E-state index in [1.54, 1.807) is 0 Å². The fourth-order valence-corrected chi connectivity index (χ4v) is 0.931. The Labute approximate surface area is 65.5 Å². The molecule has 58 valence electrons. The third-order valence-corrected chi connectivity index (χ3v) is 1.61. The fraction of sp³-hybridized carbons (Fsp3) is 0.571. The molecule has 1 rings (SSSR count). The van der Waals surface area contributed by atoms with Crippen LogP contribution in [0.15, 0.2) is 0 Å². The molecular formula is C7H10N4. The number of nitriles is 1. The lowest BCUT2D eigenvalue weighted by Crippen LogP contribution is -2.00. The summed E-state index contributed by atoms with van der Waals surface area (Å²) in [6.07, 6.45) is 1.19. The van der Waals surface area contributed by atoms with Gasteiger partial charge in [-0.05, 0) is 0 Å². The average molecular weight is 150 g/mol. The van der Waals surface area contributed by atoms with Crippen LogP contribution in [0.2, 0.25) is 0 Å². The summed E-state index contributed by atoms with van der Waals surface area (Å²) in [7, 11) is 1.88. The molecule has 4 heteroatoms. The second-order valence-corrected chi connectivity index (χ2v) is 2.28. The maximum Gasteiger partial charge on any atom is 0.146 e. The first-order chi connectivity index (χ1) is 5.29. The van der Waals surface area contributed by atoms with Crippen molar-refractivity contribution in [2.45, 2.75) is 19.8 Å². The predicted molar refractivity (Wildman–Crippen MR) is 39.7 cm³/mol. The van der Waals surface area contributed by atoms with Crippen LogP contribution in [0.25, 0.3) is 0 Å². The molecule has 0 saturated heterocycles. The van der Waals surface area contributed by atoms with Gasteiger partial charge in [0, 0.05) is 13.5 Å². The SMILES string of the molecule is CCc1nnc(CC#N)n1C. The van der Waals surface area contributed by atoms with Crippen molar-refractivity contribution in [2.75, 3.05) is 0 Å². The van der Waals surface area contributed by atoms with Gasteiger partial charge in [-0.1, -0.05) is 6.92 Å². The minimum absolute atomic E-state index is 0.337. The molecule has 0 spiro atoms. The highest BCUT2D eigenvalue weighted by Gasteiger charge is 2.04. The van der Waals surface area contributed by atoms with Gasteiger partial charge in [0.15, 0.2) is 0 Å². The molecule has 0 radical (unpaired) electrons. The van der Waals surface area contributed by atoms with Crippen molar-refractivity contribution >= 4 is 0 Å². The Kier molecular flexibility index (Phi) is 2.21. The second kappa shape index (κ2) is 3.15. The Balaban J connectivity index is 2.93. The summed E-state index contributed by atoms with van der Waals surface area (Å²) in [5, 5.41) is 16.2. The molecule has 1 heterocycles. The summed E-state index contributed by atoms with van der Waals surface area (Å²) >= 11 is 0. The maximum atomic E-state index is 8.39. The van der Waals surface area contributed by atoms with Gasteiger partial charge in [0.25, 0.3) is 0 Å². The zero-order chi connectivity index (χ0) is 8.27. The Bertz CT molecular complexity index is 281. The molecule has 0 N–H and O–H groups in total. The molecule has 0 aliphatic rings. The van der Waals surface area contributed by atoms with Crippen LogP contribution in [0, 0.1) is 11.3 Å². The quantitative estimate of drug-likeness (QED) is 0.614. The zero-order valence-electron chi connectivity index (χ0n) is 6.70. The maximum absolute atomic E-state index is 8.39. The number of nitrogens with zero attached hydrogens (tertiary/aromatic N) is 4. The van der Waals surface area contributed by atoms with E-state index in [0.29, 0.717) is 6.42 Å². The molecule has 4 nitrogen and oxygen atoms in total. The predicted octanol–water partition coefficient (Wildman–Crippen LogP) is 0.444. The first kappa shape index (κ1) is 7.73. The molecule has 1 aromatic heterocycles. The lowest BCUT2D eigenvalue weighted by Gasteiger charge is -1.96. The van der Waals surface area contributed by atoms with E-state index in [1.807, 2.05) is 24.6 Å².